The Bertz CT molecular complexity index is 2880. The Morgan fingerprint density at radius 3 is 1.51 bits per heavy atom. The Balaban J connectivity index is 1.11. The highest BCUT2D eigenvalue weighted by atomic mass is 16.5. The van der Waals surface area contributed by atoms with Gasteiger partial charge in [-0.1, -0.05) is 158 Å². The van der Waals surface area contributed by atoms with Gasteiger partial charge in [0.15, 0.2) is 0 Å². The number of aromatic nitrogens is 1. The molecule has 0 spiro atoms. The lowest BCUT2D eigenvalue weighted by molar-refractivity contribution is 0.434. The van der Waals surface area contributed by atoms with E-state index < -0.39 is 5.41 Å². The van der Waals surface area contributed by atoms with Crippen molar-refractivity contribution in [3.8, 4) is 28.3 Å². The molecule has 0 saturated heterocycles. The van der Waals surface area contributed by atoms with Crippen LogP contribution < -0.4 is 4.74 Å². The second-order valence-corrected chi connectivity index (χ2v) is 14.0. The molecule has 11 rings (SSSR count). The molecule has 2 heterocycles. The van der Waals surface area contributed by atoms with E-state index >= 15 is 0 Å². The van der Waals surface area contributed by atoms with Gasteiger partial charge in [-0.3, -0.25) is 0 Å². The van der Waals surface area contributed by atoms with Crippen molar-refractivity contribution in [3.05, 3.63) is 222 Å². The average Bonchev–Trinajstić information content (AvgIpc) is 3.59. The van der Waals surface area contributed by atoms with Crippen LogP contribution >= 0.6 is 0 Å². The number of nitrogens with zero attached hydrogens (tertiary/aromatic N) is 1. The van der Waals surface area contributed by atoms with E-state index in [2.05, 4.69) is 205 Å². The first-order chi connectivity index (χ1) is 26.3. The van der Waals surface area contributed by atoms with Crippen LogP contribution in [-0.2, 0) is 5.41 Å². The van der Waals surface area contributed by atoms with Crippen LogP contribution in [0.15, 0.2) is 200 Å². The van der Waals surface area contributed by atoms with Crippen molar-refractivity contribution in [2.75, 3.05) is 0 Å². The summed E-state index contributed by atoms with van der Waals surface area (Å²) in [5, 5.41) is 7.66. The molecule has 1 aromatic heterocycles. The summed E-state index contributed by atoms with van der Waals surface area (Å²) in [5.41, 5.74) is 10.0. The molecule has 0 unspecified atom stereocenters. The maximum Gasteiger partial charge on any atom is 0.132 e. The molecular weight excluding hydrogens is 643 g/mol. The van der Waals surface area contributed by atoms with Crippen LogP contribution in [0.4, 0.5) is 0 Å². The van der Waals surface area contributed by atoms with Gasteiger partial charge >= 0.3 is 0 Å². The van der Waals surface area contributed by atoms with Crippen LogP contribution in [-0.4, -0.2) is 4.57 Å². The number of rotatable bonds is 4. The number of fused-ring (bicyclic) bond motifs is 9. The van der Waals surface area contributed by atoms with Gasteiger partial charge in [0.1, 0.15) is 11.5 Å². The van der Waals surface area contributed by atoms with Gasteiger partial charge < -0.3 is 9.30 Å². The quantitative estimate of drug-likeness (QED) is 0.181. The predicted molar refractivity (Wildman–Crippen MR) is 220 cm³/mol. The first kappa shape index (κ1) is 29.8. The van der Waals surface area contributed by atoms with Gasteiger partial charge in [0.05, 0.1) is 16.4 Å². The minimum Gasteiger partial charge on any atom is -0.457 e. The Labute approximate surface area is 307 Å². The Morgan fingerprint density at radius 1 is 0.377 bits per heavy atom. The van der Waals surface area contributed by atoms with Crippen molar-refractivity contribution in [1.29, 1.82) is 0 Å². The Morgan fingerprint density at radius 2 is 0.887 bits per heavy atom. The Kier molecular flexibility index (Phi) is 6.50. The summed E-state index contributed by atoms with van der Waals surface area (Å²) in [6.07, 6.45) is 0. The van der Waals surface area contributed by atoms with Crippen LogP contribution in [0.5, 0.6) is 11.5 Å². The lowest BCUT2D eigenvalue weighted by Gasteiger charge is -2.41. The molecule has 2 nitrogen and oxygen atoms in total. The number of hydrogen-bond donors (Lipinski definition) is 0. The van der Waals surface area contributed by atoms with E-state index in [-0.39, 0.29) is 0 Å². The molecule has 1 aliphatic rings. The summed E-state index contributed by atoms with van der Waals surface area (Å²) < 4.78 is 9.11. The van der Waals surface area contributed by atoms with Crippen molar-refractivity contribution < 1.29 is 4.74 Å². The van der Waals surface area contributed by atoms with E-state index in [1.807, 2.05) is 0 Å². The normalized spacial score (nSPS) is 13.2. The van der Waals surface area contributed by atoms with E-state index in [9.17, 15) is 0 Å². The summed E-state index contributed by atoms with van der Waals surface area (Å²) in [6.45, 7) is 0. The van der Waals surface area contributed by atoms with Crippen molar-refractivity contribution >= 4 is 43.4 Å². The van der Waals surface area contributed by atoms with E-state index in [1.54, 1.807) is 0 Å². The van der Waals surface area contributed by atoms with Gasteiger partial charge in [-0.25, -0.2) is 0 Å². The molecule has 0 radical (unpaired) electrons. The molecule has 0 aliphatic carbocycles. The highest BCUT2D eigenvalue weighted by Gasteiger charge is 2.45. The van der Waals surface area contributed by atoms with E-state index in [4.69, 9.17) is 4.74 Å². The van der Waals surface area contributed by atoms with Gasteiger partial charge in [-0.15, -0.1) is 0 Å². The molecule has 0 N–H and O–H groups in total. The fourth-order valence-corrected chi connectivity index (χ4v) is 9.01. The molecular formula is C51H33NO. The molecule has 10 aromatic rings. The van der Waals surface area contributed by atoms with Gasteiger partial charge in [0.2, 0.25) is 0 Å². The molecule has 1 aliphatic heterocycles. The summed E-state index contributed by atoms with van der Waals surface area (Å²) in [7, 11) is 0. The first-order valence-corrected chi connectivity index (χ1v) is 18.3. The third kappa shape index (κ3) is 4.33. The summed E-state index contributed by atoms with van der Waals surface area (Å²) in [5.74, 6) is 1.76. The second kappa shape index (κ2) is 11.6. The van der Waals surface area contributed by atoms with Crippen molar-refractivity contribution in [3.63, 3.8) is 0 Å². The molecule has 248 valence electrons. The largest absolute Gasteiger partial charge is 0.457 e. The van der Waals surface area contributed by atoms with E-state index in [0.29, 0.717) is 0 Å². The van der Waals surface area contributed by atoms with Gasteiger partial charge in [0, 0.05) is 27.6 Å². The molecule has 2 heteroatoms. The topological polar surface area (TPSA) is 14.2 Å². The molecule has 0 amide bonds. The lowest BCUT2D eigenvalue weighted by atomic mass is 9.63. The molecule has 9 aromatic carbocycles. The molecule has 0 saturated carbocycles. The zero-order valence-electron chi connectivity index (χ0n) is 28.9. The summed E-state index contributed by atoms with van der Waals surface area (Å²) in [4.78, 5) is 0. The number of ether oxygens (including phenoxy) is 1. The number of benzene rings is 9. The maximum atomic E-state index is 6.67. The minimum absolute atomic E-state index is 0.558. The van der Waals surface area contributed by atoms with Gasteiger partial charge in [-0.05, 0) is 86.3 Å². The molecule has 0 fully saturated rings. The van der Waals surface area contributed by atoms with Crippen molar-refractivity contribution in [2.24, 2.45) is 0 Å². The van der Waals surface area contributed by atoms with Crippen LogP contribution in [0.25, 0.3) is 60.2 Å². The second-order valence-electron chi connectivity index (χ2n) is 14.0. The van der Waals surface area contributed by atoms with Gasteiger partial charge in [0.25, 0.3) is 0 Å². The van der Waals surface area contributed by atoms with Crippen LogP contribution in [0, 0.1) is 0 Å². The zero-order chi connectivity index (χ0) is 34.9. The smallest absolute Gasteiger partial charge is 0.132 e. The predicted octanol–water partition coefficient (Wildman–Crippen LogP) is 13.2. The zero-order valence-corrected chi connectivity index (χ0v) is 28.9. The standard InChI is InChI=1S/C51H33NO/c1-3-15-38(16-4-1)51(39-17-5-2-6-18-39)43-21-11-12-22-47(43)53-48-32-27-37(33-44(48)51)34-23-28-40(29-24-34)52-45-30-25-35-13-7-9-19-41(35)49(45)50-42-20-10-8-14-36(42)26-31-46(50)52/h1-33H. The number of para-hydroxylation sites is 1. The fraction of sp³-hybridized carbons (Fsp3) is 0.0196. The van der Waals surface area contributed by atoms with Gasteiger partial charge in [-0.2, -0.15) is 0 Å². The lowest BCUT2D eigenvalue weighted by Crippen LogP contribution is -2.34. The first-order valence-electron chi connectivity index (χ1n) is 18.3. The van der Waals surface area contributed by atoms with E-state index in [1.165, 1.54) is 54.5 Å². The third-order valence-electron chi connectivity index (χ3n) is 11.3. The van der Waals surface area contributed by atoms with Crippen molar-refractivity contribution in [1.82, 2.24) is 4.57 Å². The van der Waals surface area contributed by atoms with Crippen LogP contribution in [0.2, 0.25) is 0 Å². The third-order valence-corrected chi connectivity index (χ3v) is 11.3. The molecule has 53 heavy (non-hydrogen) atoms. The summed E-state index contributed by atoms with van der Waals surface area (Å²) >= 11 is 0. The molecule has 0 bridgehead atoms. The van der Waals surface area contributed by atoms with Crippen molar-refractivity contribution in [2.45, 2.75) is 5.41 Å². The average molecular weight is 676 g/mol. The maximum absolute atomic E-state index is 6.67. The van der Waals surface area contributed by atoms with Crippen LogP contribution in [0.3, 0.4) is 0 Å². The Hall–Kier alpha value is -6.90. The number of hydrogen-bond acceptors (Lipinski definition) is 1. The van der Waals surface area contributed by atoms with Crippen LogP contribution in [0.1, 0.15) is 22.3 Å². The highest BCUT2D eigenvalue weighted by molar-refractivity contribution is 6.28. The monoisotopic (exact) mass is 675 g/mol. The molecule has 0 atom stereocenters. The SMILES string of the molecule is c1ccc(C2(c3ccccc3)c3ccccc3Oc3ccc(-c4ccc(-n5c6ccc7ccccc7c6c6c7ccccc7ccc65)cc4)cc32)cc1. The minimum atomic E-state index is -0.558. The fourth-order valence-electron chi connectivity index (χ4n) is 9.01. The highest BCUT2D eigenvalue weighted by Crippen LogP contribution is 2.56. The van der Waals surface area contributed by atoms with E-state index in [0.717, 1.165) is 39.4 Å². The summed E-state index contributed by atoms with van der Waals surface area (Å²) in [6, 6.07) is 72.6.